The van der Waals surface area contributed by atoms with Gasteiger partial charge in [-0.2, -0.15) is 5.10 Å². The Morgan fingerprint density at radius 3 is 2.58 bits per heavy atom. The van der Waals surface area contributed by atoms with Crippen LogP contribution < -0.4 is 15.5 Å². The Labute approximate surface area is 139 Å². The van der Waals surface area contributed by atoms with Crippen molar-refractivity contribution in [1.82, 2.24) is 10.7 Å². The van der Waals surface area contributed by atoms with Crippen molar-refractivity contribution in [3.05, 3.63) is 29.8 Å². The van der Waals surface area contributed by atoms with Gasteiger partial charge in [0.2, 0.25) is 5.91 Å². The topological polar surface area (TPSA) is 106 Å². The van der Waals surface area contributed by atoms with Gasteiger partial charge in [-0.1, -0.05) is 12.1 Å². The number of nitrogens with zero attached hydrogens (tertiary/aromatic N) is 1. The molecule has 0 aromatic heterocycles. The predicted molar refractivity (Wildman–Crippen MR) is 85.2 cm³/mol. The maximum atomic E-state index is 12.0. The second-order valence-corrected chi connectivity index (χ2v) is 5.21. The van der Waals surface area contributed by atoms with Crippen LogP contribution in [0, 0.1) is 0 Å². The Bertz CT molecular complexity index is 654. The average molecular weight is 333 g/mol. The average Bonchev–Trinajstić information content (AvgIpc) is 2.60. The normalized spacial score (nSPS) is 14.9. The van der Waals surface area contributed by atoms with E-state index in [-0.39, 0.29) is 24.5 Å². The molecular weight excluding hydrogens is 314 g/mol. The lowest BCUT2D eigenvalue weighted by Crippen LogP contribution is -2.38. The van der Waals surface area contributed by atoms with E-state index >= 15 is 0 Å². The third-order valence-electron chi connectivity index (χ3n) is 3.42. The van der Waals surface area contributed by atoms with E-state index in [2.05, 4.69) is 15.8 Å². The monoisotopic (exact) mass is 333 g/mol. The van der Waals surface area contributed by atoms with Crippen LogP contribution >= 0.6 is 0 Å². The van der Waals surface area contributed by atoms with Crippen molar-refractivity contribution in [1.29, 1.82) is 0 Å². The summed E-state index contributed by atoms with van der Waals surface area (Å²) < 4.78 is 10.1. The highest BCUT2D eigenvalue weighted by molar-refractivity contribution is 6.37. The Morgan fingerprint density at radius 1 is 1.29 bits per heavy atom. The van der Waals surface area contributed by atoms with Crippen LogP contribution in [0.15, 0.2) is 29.4 Å². The summed E-state index contributed by atoms with van der Waals surface area (Å²) in [4.78, 5) is 34.8. The third kappa shape index (κ3) is 4.80. The molecule has 0 radical (unpaired) electrons. The minimum atomic E-state index is -0.962. The van der Waals surface area contributed by atoms with Gasteiger partial charge in [-0.3, -0.25) is 9.59 Å². The van der Waals surface area contributed by atoms with E-state index in [1.165, 1.54) is 6.92 Å². The summed E-state index contributed by atoms with van der Waals surface area (Å²) in [6, 6.07) is 7.24. The van der Waals surface area contributed by atoms with Gasteiger partial charge in [0.15, 0.2) is 6.10 Å². The van der Waals surface area contributed by atoms with Crippen molar-refractivity contribution in [3.8, 4) is 5.75 Å². The van der Waals surface area contributed by atoms with Gasteiger partial charge in [0, 0.05) is 19.4 Å². The molecule has 0 spiro atoms. The predicted octanol–water partition coefficient (Wildman–Crippen LogP) is 0.509. The van der Waals surface area contributed by atoms with Crippen molar-refractivity contribution < 1.29 is 23.9 Å². The van der Waals surface area contributed by atoms with Gasteiger partial charge in [0.1, 0.15) is 11.5 Å². The van der Waals surface area contributed by atoms with Crippen LogP contribution in [0.1, 0.15) is 25.3 Å². The molecule has 1 aromatic rings. The maximum absolute atomic E-state index is 12.0. The maximum Gasteiger partial charge on any atom is 0.355 e. The Hall–Kier alpha value is -2.90. The minimum absolute atomic E-state index is 0.101. The summed E-state index contributed by atoms with van der Waals surface area (Å²) in [5, 5.41) is 6.32. The first-order valence-corrected chi connectivity index (χ1v) is 7.46. The molecule has 0 aliphatic carbocycles. The highest BCUT2D eigenvalue weighted by Gasteiger charge is 2.24. The van der Waals surface area contributed by atoms with Gasteiger partial charge in [0.25, 0.3) is 5.91 Å². The fourth-order valence-corrected chi connectivity index (χ4v) is 1.98. The molecular formula is C16H19N3O5. The van der Waals surface area contributed by atoms with E-state index < -0.39 is 18.0 Å². The molecule has 0 saturated carbocycles. The molecule has 1 aliphatic rings. The number of hydrogen-bond donors (Lipinski definition) is 2. The van der Waals surface area contributed by atoms with Gasteiger partial charge in [-0.05, 0) is 24.6 Å². The highest BCUT2D eigenvalue weighted by atomic mass is 16.5. The summed E-state index contributed by atoms with van der Waals surface area (Å²) in [6.07, 6.45) is -0.590. The van der Waals surface area contributed by atoms with E-state index in [1.54, 1.807) is 19.2 Å². The number of carbonyl (C=O) groups is 3. The van der Waals surface area contributed by atoms with E-state index in [0.29, 0.717) is 6.54 Å². The van der Waals surface area contributed by atoms with E-state index in [0.717, 1.165) is 11.3 Å². The largest absolute Gasteiger partial charge is 0.497 e. The van der Waals surface area contributed by atoms with Gasteiger partial charge >= 0.3 is 5.97 Å². The van der Waals surface area contributed by atoms with Crippen LogP contribution in [-0.4, -0.2) is 36.7 Å². The zero-order valence-electron chi connectivity index (χ0n) is 13.5. The van der Waals surface area contributed by atoms with Crippen LogP contribution in [0.25, 0.3) is 0 Å². The quantitative estimate of drug-likeness (QED) is 0.738. The van der Waals surface area contributed by atoms with Gasteiger partial charge in [-0.25, -0.2) is 10.2 Å². The molecule has 24 heavy (non-hydrogen) atoms. The number of esters is 1. The third-order valence-corrected chi connectivity index (χ3v) is 3.42. The first kappa shape index (κ1) is 17.5. The Balaban J connectivity index is 1.81. The standard InChI is InChI=1S/C16H19N3O5/c1-10(24-16(22)13-7-8-14(20)19-18-13)15(21)17-9-11-3-5-12(23-2)6-4-11/h3-6,10H,7-9H2,1-2H3,(H,17,21)(H,19,20). The number of methoxy groups -OCH3 is 1. The number of benzene rings is 1. The Morgan fingerprint density at radius 2 is 2.00 bits per heavy atom. The molecule has 1 unspecified atom stereocenters. The summed E-state index contributed by atoms with van der Waals surface area (Å²) in [5.74, 6) is -0.647. The van der Waals surface area contributed by atoms with E-state index in [1.807, 2.05) is 12.1 Å². The lowest BCUT2D eigenvalue weighted by molar-refractivity contribution is -0.148. The van der Waals surface area contributed by atoms with Crippen molar-refractivity contribution in [2.75, 3.05) is 7.11 Å². The summed E-state index contributed by atoms with van der Waals surface area (Å²) in [5.41, 5.74) is 3.20. The molecule has 128 valence electrons. The molecule has 0 saturated heterocycles. The molecule has 2 rings (SSSR count). The van der Waals surface area contributed by atoms with Crippen molar-refractivity contribution in [3.63, 3.8) is 0 Å². The molecule has 8 nitrogen and oxygen atoms in total. The minimum Gasteiger partial charge on any atom is -0.497 e. The van der Waals surface area contributed by atoms with Gasteiger partial charge in [-0.15, -0.1) is 0 Å². The number of nitrogens with one attached hydrogen (secondary N) is 2. The Kier molecular flexibility index (Phi) is 5.89. The summed E-state index contributed by atoms with van der Waals surface area (Å²) in [7, 11) is 1.58. The summed E-state index contributed by atoms with van der Waals surface area (Å²) >= 11 is 0. The SMILES string of the molecule is COc1ccc(CNC(=O)C(C)OC(=O)C2=NNC(=O)CC2)cc1. The number of hydrazone groups is 1. The molecule has 8 heteroatoms. The first-order chi connectivity index (χ1) is 11.5. The van der Waals surface area contributed by atoms with Crippen LogP contribution in [0.5, 0.6) is 5.75 Å². The van der Waals surface area contributed by atoms with Crippen molar-refractivity contribution >= 4 is 23.5 Å². The highest BCUT2D eigenvalue weighted by Crippen LogP contribution is 2.11. The number of ether oxygens (including phenoxy) is 2. The molecule has 0 bridgehead atoms. The number of rotatable bonds is 6. The fraction of sp³-hybridized carbons (Fsp3) is 0.375. The van der Waals surface area contributed by atoms with E-state index in [9.17, 15) is 14.4 Å². The number of carbonyl (C=O) groups excluding carboxylic acids is 3. The first-order valence-electron chi connectivity index (χ1n) is 7.46. The number of amides is 2. The van der Waals surface area contributed by atoms with Crippen LogP contribution in [0.4, 0.5) is 0 Å². The molecule has 1 aromatic carbocycles. The van der Waals surface area contributed by atoms with E-state index in [4.69, 9.17) is 9.47 Å². The molecule has 0 fully saturated rings. The molecule has 1 atom stereocenters. The number of hydrogen-bond acceptors (Lipinski definition) is 6. The zero-order chi connectivity index (χ0) is 17.5. The van der Waals surface area contributed by atoms with Gasteiger partial charge in [0.05, 0.1) is 7.11 Å². The molecule has 1 aliphatic heterocycles. The smallest absolute Gasteiger partial charge is 0.355 e. The van der Waals surface area contributed by atoms with Crippen molar-refractivity contribution in [2.45, 2.75) is 32.4 Å². The van der Waals surface area contributed by atoms with Crippen molar-refractivity contribution in [2.24, 2.45) is 5.10 Å². The van der Waals surface area contributed by atoms with Crippen LogP contribution in [0.2, 0.25) is 0 Å². The zero-order valence-corrected chi connectivity index (χ0v) is 13.5. The van der Waals surface area contributed by atoms with Gasteiger partial charge < -0.3 is 14.8 Å². The second kappa shape index (κ2) is 8.09. The molecule has 1 heterocycles. The summed E-state index contributed by atoms with van der Waals surface area (Å²) in [6.45, 7) is 1.78. The molecule has 2 amide bonds. The lowest BCUT2D eigenvalue weighted by Gasteiger charge is -2.16. The lowest BCUT2D eigenvalue weighted by atomic mass is 10.2. The van der Waals surface area contributed by atoms with Crippen LogP contribution in [-0.2, 0) is 25.7 Å². The second-order valence-electron chi connectivity index (χ2n) is 5.21. The van der Waals surface area contributed by atoms with Crippen LogP contribution in [0.3, 0.4) is 0 Å². The molecule has 2 N–H and O–H groups in total. The fourth-order valence-electron chi connectivity index (χ4n) is 1.98.